The Kier molecular flexibility index (Phi) is 6.39. The van der Waals surface area contributed by atoms with Crippen LogP contribution >= 0.6 is 11.8 Å². The number of nitrogens with one attached hydrogen (secondary N) is 1. The van der Waals surface area contributed by atoms with Crippen LogP contribution in [0.15, 0.2) is 11.2 Å². The zero-order chi connectivity index (χ0) is 18.6. The monoisotopic (exact) mass is 387 g/mol. The average molecular weight is 387 g/mol. The molecule has 0 unspecified atom stereocenters. The molecule has 1 N–H and O–H groups in total. The van der Waals surface area contributed by atoms with Crippen molar-refractivity contribution in [3.63, 3.8) is 0 Å². The topological polar surface area (TPSA) is 115 Å². The van der Waals surface area contributed by atoms with E-state index in [1.54, 1.807) is 0 Å². The van der Waals surface area contributed by atoms with Crippen molar-refractivity contribution in [3.8, 4) is 0 Å². The Morgan fingerprint density at radius 1 is 1.36 bits per heavy atom. The number of sulfone groups is 1. The van der Waals surface area contributed by atoms with Crippen LogP contribution in [0.25, 0.3) is 0 Å². The minimum atomic E-state index is -3.08. The van der Waals surface area contributed by atoms with Gasteiger partial charge in [0.1, 0.15) is 0 Å². The first-order valence-corrected chi connectivity index (χ1v) is 10.6. The van der Waals surface area contributed by atoms with Crippen LogP contribution in [0, 0.1) is 13.8 Å². The van der Waals surface area contributed by atoms with Gasteiger partial charge in [-0.05, 0) is 33.3 Å². The fourth-order valence-electron chi connectivity index (χ4n) is 2.39. The minimum Gasteiger partial charge on any atom is -0.452 e. The fraction of sp³-hybridized carbons (Fsp3) is 0.600. The molecule has 8 nitrogen and oxygen atoms in total. The fourth-order valence-corrected chi connectivity index (χ4v) is 4.80. The summed E-state index contributed by atoms with van der Waals surface area (Å²) in [6.07, 6.45) is -0.606. The number of esters is 1. The summed E-state index contributed by atoms with van der Waals surface area (Å²) in [4.78, 5) is 32.3. The van der Waals surface area contributed by atoms with E-state index in [4.69, 9.17) is 4.74 Å². The summed E-state index contributed by atoms with van der Waals surface area (Å²) in [6, 6.07) is 1.41. The van der Waals surface area contributed by atoms with Gasteiger partial charge in [0.15, 0.2) is 21.1 Å². The van der Waals surface area contributed by atoms with Crippen LogP contribution in [0.4, 0.5) is 0 Å². The summed E-state index contributed by atoms with van der Waals surface area (Å²) in [5, 5.41) is 3.08. The molecule has 1 amide bonds. The van der Waals surface area contributed by atoms with Crippen LogP contribution in [0.2, 0.25) is 0 Å². The minimum absolute atomic E-state index is 0.0156. The number of carbonyl (C=O) groups is 2. The van der Waals surface area contributed by atoms with Crippen molar-refractivity contribution in [3.05, 3.63) is 17.5 Å². The molecule has 2 atom stereocenters. The Hall–Kier alpha value is -1.68. The molecule has 2 heterocycles. The van der Waals surface area contributed by atoms with Crippen LogP contribution in [0.5, 0.6) is 0 Å². The molecular weight excluding hydrogens is 366 g/mol. The van der Waals surface area contributed by atoms with Crippen LogP contribution < -0.4 is 5.32 Å². The summed E-state index contributed by atoms with van der Waals surface area (Å²) < 4.78 is 27.9. The van der Waals surface area contributed by atoms with E-state index in [1.165, 1.54) is 6.92 Å². The van der Waals surface area contributed by atoms with E-state index < -0.39 is 33.9 Å². The second-order valence-electron chi connectivity index (χ2n) is 5.96. The average Bonchev–Trinajstić information content (AvgIpc) is 2.83. The molecule has 0 spiro atoms. The quantitative estimate of drug-likeness (QED) is 0.424. The third-order valence-corrected chi connectivity index (χ3v) is 6.13. The molecule has 1 saturated heterocycles. The number of hydrogen-bond acceptors (Lipinski definition) is 8. The molecule has 0 aliphatic carbocycles. The van der Waals surface area contributed by atoms with E-state index >= 15 is 0 Å². The molecule has 1 aliphatic heterocycles. The molecule has 1 aromatic rings. The van der Waals surface area contributed by atoms with E-state index in [1.807, 2.05) is 19.9 Å². The molecular formula is C15H21N3O5S2. The van der Waals surface area contributed by atoms with Gasteiger partial charge in [-0.25, -0.2) is 18.4 Å². The number of thioether (sulfide) groups is 1. The predicted molar refractivity (Wildman–Crippen MR) is 93.0 cm³/mol. The number of carbonyl (C=O) groups excluding carboxylic acids is 2. The van der Waals surface area contributed by atoms with Gasteiger partial charge >= 0.3 is 5.97 Å². The molecule has 138 valence electrons. The van der Waals surface area contributed by atoms with Crippen LogP contribution in [-0.2, 0) is 24.2 Å². The van der Waals surface area contributed by atoms with E-state index in [0.717, 1.165) is 23.1 Å². The first-order chi connectivity index (χ1) is 11.6. The highest BCUT2D eigenvalue weighted by molar-refractivity contribution is 7.99. The molecule has 1 fully saturated rings. The summed E-state index contributed by atoms with van der Waals surface area (Å²) in [5.74, 6) is -1.08. The number of amides is 1. The summed E-state index contributed by atoms with van der Waals surface area (Å²) in [7, 11) is -3.08. The molecule has 1 aromatic heterocycles. The maximum Gasteiger partial charge on any atom is 0.317 e. The number of rotatable bonds is 6. The van der Waals surface area contributed by atoms with Gasteiger partial charge in [0.05, 0.1) is 17.3 Å². The highest BCUT2D eigenvalue weighted by Crippen LogP contribution is 2.15. The molecule has 0 radical (unpaired) electrons. The van der Waals surface area contributed by atoms with Crippen molar-refractivity contribution in [2.45, 2.75) is 44.5 Å². The molecule has 0 bridgehead atoms. The third kappa shape index (κ3) is 6.28. The van der Waals surface area contributed by atoms with Gasteiger partial charge in [0, 0.05) is 17.4 Å². The molecule has 1 aliphatic rings. The zero-order valence-electron chi connectivity index (χ0n) is 14.3. The standard InChI is InChI=1S/C15H21N3O5S2/c1-9-6-10(2)17-15(16-9)24-7-13(19)23-11(3)14(20)18-12-4-5-25(21,22)8-12/h6,11-12H,4-5,7-8H2,1-3H3,(H,18,20)/t11-,12-/m0/s1. The van der Waals surface area contributed by atoms with Gasteiger partial charge in [0.2, 0.25) is 0 Å². The van der Waals surface area contributed by atoms with Gasteiger partial charge < -0.3 is 10.1 Å². The highest BCUT2D eigenvalue weighted by Gasteiger charge is 2.30. The lowest BCUT2D eigenvalue weighted by molar-refractivity contribution is -0.152. The normalized spacial score (nSPS) is 20.0. The summed E-state index contributed by atoms with van der Waals surface area (Å²) in [6.45, 7) is 5.13. The lowest BCUT2D eigenvalue weighted by Gasteiger charge is -2.16. The molecule has 2 rings (SSSR count). The van der Waals surface area contributed by atoms with Crippen molar-refractivity contribution < 1.29 is 22.7 Å². The Labute approximate surface area is 151 Å². The van der Waals surface area contributed by atoms with Crippen molar-refractivity contribution in [1.29, 1.82) is 0 Å². The van der Waals surface area contributed by atoms with Crippen molar-refractivity contribution in [2.24, 2.45) is 0 Å². The number of aryl methyl sites for hydroxylation is 2. The van der Waals surface area contributed by atoms with Crippen molar-refractivity contribution >= 4 is 33.5 Å². The molecule has 10 heteroatoms. The van der Waals surface area contributed by atoms with E-state index in [9.17, 15) is 18.0 Å². The Balaban J connectivity index is 1.78. The Morgan fingerprint density at radius 2 is 2.00 bits per heavy atom. The lowest BCUT2D eigenvalue weighted by Crippen LogP contribution is -2.42. The number of aromatic nitrogens is 2. The highest BCUT2D eigenvalue weighted by atomic mass is 32.2. The Bertz CT molecular complexity index is 746. The number of nitrogens with zero attached hydrogens (tertiary/aromatic N) is 2. The van der Waals surface area contributed by atoms with E-state index in [0.29, 0.717) is 11.6 Å². The van der Waals surface area contributed by atoms with E-state index in [2.05, 4.69) is 15.3 Å². The SMILES string of the molecule is Cc1cc(C)nc(SCC(=O)O[C@@H](C)C(=O)N[C@H]2CCS(=O)(=O)C2)n1. The van der Waals surface area contributed by atoms with Crippen molar-refractivity contribution in [2.75, 3.05) is 17.3 Å². The first kappa shape index (κ1) is 19.6. The van der Waals surface area contributed by atoms with Gasteiger partial charge in [-0.1, -0.05) is 11.8 Å². The van der Waals surface area contributed by atoms with Crippen LogP contribution in [0.3, 0.4) is 0 Å². The number of ether oxygens (including phenoxy) is 1. The maximum absolute atomic E-state index is 12.0. The second-order valence-corrected chi connectivity index (χ2v) is 9.13. The van der Waals surface area contributed by atoms with Gasteiger partial charge in [0.25, 0.3) is 5.91 Å². The first-order valence-electron chi connectivity index (χ1n) is 7.80. The number of hydrogen-bond donors (Lipinski definition) is 1. The van der Waals surface area contributed by atoms with E-state index in [-0.39, 0.29) is 17.3 Å². The van der Waals surface area contributed by atoms with Gasteiger partial charge in [-0.15, -0.1) is 0 Å². The van der Waals surface area contributed by atoms with Crippen LogP contribution in [0.1, 0.15) is 24.7 Å². The molecule has 0 saturated carbocycles. The second kappa shape index (κ2) is 8.13. The third-order valence-electron chi connectivity index (χ3n) is 3.54. The summed E-state index contributed by atoms with van der Waals surface area (Å²) in [5.41, 5.74) is 1.62. The molecule has 25 heavy (non-hydrogen) atoms. The maximum atomic E-state index is 12.0. The smallest absolute Gasteiger partial charge is 0.317 e. The van der Waals surface area contributed by atoms with Crippen LogP contribution in [-0.4, -0.2) is 59.7 Å². The Morgan fingerprint density at radius 3 is 2.56 bits per heavy atom. The zero-order valence-corrected chi connectivity index (χ0v) is 15.9. The van der Waals surface area contributed by atoms with Gasteiger partial charge in [-0.2, -0.15) is 0 Å². The lowest BCUT2D eigenvalue weighted by atomic mass is 10.2. The van der Waals surface area contributed by atoms with Crippen molar-refractivity contribution in [1.82, 2.24) is 15.3 Å². The van der Waals surface area contributed by atoms with Gasteiger partial charge in [-0.3, -0.25) is 9.59 Å². The molecule has 0 aromatic carbocycles. The predicted octanol–water partition coefficient (Wildman–Crippen LogP) is 0.421. The largest absolute Gasteiger partial charge is 0.452 e. The summed E-state index contributed by atoms with van der Waals surface area (Å²) >= 11 is 1.14.